The zero-order valence-electron chi connectivity index (χ0n) is 12.8. The van der Waals surface area contributed by atoms with Gasteiger partial charge < -0.3 is 10.6 Å². The van der Waals surface area contributed by atoms with Crippen LogP contribution in [-0.4, -0.2) is 33.0 Å². The Balaban J connectivity index is 1.98. The van der Waals surface area contributed by atoms with E-state index in [-0.39, 0.29) is 6.04 Å². The van der Waals surface area contributed by atoms with Crippen molar-refractivity contribution in [2.24, 2.45) is 18.7 Å². The average Bonchev–Trinajstić information content (AvgIpc) is 2.87. The summed E-state index contributed by atoms with van der Waals surface area (Å²) in [6, 6.07) is 5.96. The Labute approximate surface area is 128 Å². The molecule has 6 heteroatoms. The SMILES string of the molecule is C[C@H]1CC[C@H](c2ccc3c(cnn3C)c2)N(C(=O)C(N)=O)C1. The van der Waals surface area contributed by atoms with Gasteiger partial charge in [0.2, 0.25) is 0 Å². The van der Waals surface area contributed by atoms with Gasteiger partial charge in [-0.05, 0) is 36.5 Å². The van der Waals surface area contributed by atoms with Crippen molar-refractivity contribution in [2.45, 2.75) is 25.8 Å². The number of hydrogen-bond acceptors (Lipinski definition) is 3. The zero-order valence-corrected chi connectivity index (χ0v) is 12.8. The van der Waals surface area contributed by atoms with Gasteiger partial charge in [-0.25, -0.2) is 0 Å². The van der Waals surface area contributed by atoms with Crippen LogP contribution < -0.4 is 5.73 Å². The van der Waals surface area contributed by atoms with E-state index in [1.165, 1.54) is 0 Å². The molecule has 2 N–H and O–H groups in total. The Morgan fingerprint density at radius 1 is 1.32 bits per heavy atom. The second kappa shape index (κ2) is 5.44. The van der Waals surface area contributed by atoms with Gasteiger partial charge in [0, 0.05) is 19.0 Å². The quantitative estimate of drug-likeness (QED) is 0.807. The third-order valence-electron chi connectivity index (χ3n) is 4.44. The van der Waals surface area contributed by atoms with E-state index in [0.717, 1.165) is 29.3 Å². The lowest BCUT2D eigenvalue weighted by atomic mass is 9.89. The van der Waals surface area contributed by atoms with E-state index < -0.39 is 11.8 Å². The van der Waals surface area contributed by atoms with Crippen LogP contribution in [0.4, 0.5) is 0 Å². The molecule has 3 rings (SSSR count). The molecule has 0 bridgehead atoms. The fourth-order valence-corrected chi connectivity index (χ4v) is 3.25. The first kappa shape index (κ1) is 14.6. The average molecular weight is 300 g/mol. The summed E-state index contributed by atoms with van der Waals surface area (Å²) >= 11 is 0. The molecule has 1 aliphatic rings. The smallest absolute Gasteiger partial charge is 0.312 e. The summed E-state index contributed by atoms with van der Waals surface area (Å²) in [5.74, 6) is -1.11. The molecule has 2 amide bonds. The van der Waals surface area contributed by atoms with Crippen molar-refractivity contribution in [1.29, 1.82) is 0 Å². The summed E-state index contributed by atoms with van der Waals surface area (Å²) in [5.41, 5.74) is 7.27. The molecule has 1 aliphatic heterocycles. The lowest BCUT2D eigenvalue weighted by Crippen LogP contribution is -2.46. The predicted molar refractivity (Wildman–Crippen MR) is 82.8 cm³/mol. The number of rotatable bonds is 1. The molecule has 0 unspecified atom stereocenters. The van der Waals surface area contributed by atoms with Gasteiger partial charge in [-0.15, -0.1) is 0 Å². The second-order valence-corrected chi connectivity index (χ2v) is 6.11. The summed E-state index contributed by atoms with van der Waals surface area (Å²) in [5, 5.41) is 5.27. The molecule has 6 nitrogen and oxygen atoms in total. The maximum atomic E-state index is 12.1. The maximum absolute atomic E-state index is 12.1. The third kappa shape index (κ3) is 2.45. The van der Waals surface area contributed by atoms with Crippen LogP contribution in [0.2, 0.25) is 0 Å². The standard InChI is InChI=1S/C16H20N4O2/c1-10-3-5-14(20(9-10)16(22)15(17)21)11-4-6-13-12(7-11)8-18-19(13)2/h4,6-8,10,14H,3,5,9H2,1-2H3,(H2,17,21)/t10-,14+/m0/s1. The highest BCUT2D eigenvalue weighted by Crippen LogP contribution is 2.34. The maximum Gasteiger partial charge on any atom is 0.312 e. The molecule has 2 aromatic rings. The molecule has 0 aliphatic carbocycles. The number of benzene rings is 1. The number of piperidine rings is 1. The first-order valence-electron chi connectivity index (χ1n) is 7.49. The van der Waals surface area contributed by atoms with Crippen molar-refractivity contribution in [3.05, 3.63) is 30.0 Å². The molecule has 0 saturated carbocycles. The van der Waals surface area contributed by atoms with Crippen LogP contribution in [0, 0.1) is 5.92 Å². The number of carbonyl (C=O) groups excluding carboxylic acids is 2. The number of nitrogens with two attached hydrogens (primary N) is 1. The Kier molecular flexibility index (Phi) is 3.60. The van der Waals surface area contributed by atoms with Crippen molar-refractivity contribution in [2.75, 3.05) is 6.54 Å². The number of amides is 2. The van der Waals surface area contributed by atoms with Crippen LogP contribution in [0.1, 0.15) is 31.4 Å². The summed E-state index contributed by atoms with van der Waals surface area (Å²) in [7, 11) is 1.90. The highest BCUT2D eigenvalue weighted by Gasteiger charge is 2.33. The molecule has 1 fully saturated rings. The number of primary amides is 1. The number of hydrogen-bond donors (Lipinski definition) is 1. The van der Waals surface area contributed by atoms with Gasteiger partial charge in [0.05, 0.1) is 17.8 Å². The van der Waals surface area contributed by atoms with Gasteiger partial charge in [-0.1, -0.05) is 13.0 Å². The van der Waals surface area contributed by atoms with E-state index in [0.29, 0.717) is 12.5 Å². The van der Waals surface area contributed by atoms with Gasteiger partial charge in [0.1, 0.15) is 0 Å². The molecule has 0 spiro atoms. The summed E-state index contributed by atoms with van der Waals surface area (Å²) < 4.78 is 1.81. The van der Waals surface area contributed by atoms with Crippen LogP contribution in [0.5, 0.6) is 0 Å². The Bertz CT molecular complexity index is 737. The van der Waals surface area contributed by atoms with E-state index in [4.69, 9.17) is 5.73 Å². The number of nitrogens with zero attached hydrogens (tertiary/aromatic N) is 3. The number of aryl methyl sites for hydroxylation is 1. The van der Waals surface area contributed by atoms with Crippen molar-refractivity contribution in [1.82, 2.24) is 14.7 Å². The summed E-state index contributed by atoms with van der Waals surface area (Å²) in [6.07, 6.45) is 3.68. The van der Waals surface area contributed by atoms with Crippen molar-refractivity contribution < 1.29 is 9.59 Å². The van der Waals surface area contributed by atoms with E-state index in [1.54, 1.807) is 4.90 Å². The van der Waals surface area contributed by atoms with Gasteiger partial charge in [-0.3, -0.25) is 14.3 Å². The predicted octanol–water partition coefficient (Wildman–Crippen LogP) is 1.36. The minimum absolute atomic E-state index is 0.0965. The van der Waals surface area contributed by atoms with Gasteiger partial charge in [-0.2, -0.15) is 5.10 Å². The highest BCUT2D eigenvalue weighted by molar-refractivity contribution is 6.34. The molecule has 1 saturated heterocycles. The number of likely N-dealkylation sites (tertiary alicyclic amines) is 1. The Morgan fingerprint density at radius 2 is 2.09 bits per heavy atom. The number of aromatic nitrogens is 2. The van der Waals surface area contributed by atoms with Crippen LogP contribution in [0.25, 0.3) is 10.9 Å². The van der Waals surface area contributed by atoms with E-state index in [2.05, 4.69) is 12.0 Å². The van der Waals surface area contributed by atoms with E-state index >= 15 is 0 Å². The van der Waals surface area contributed by atoms with Crippen molar-refractivity contribution in [3.63, 3.8) is 0 Å². The van der Waals surface area contributed by atoms with Crippen LogP contribution in [-0.2, 0) is 16.6 Å². The van der Waals surface area contributed by atoms with Crippen molar-refractivity contribution in [3.8, 4) is 0 Å². The van der Waals surface area contributed by atoms with Crippen molar-refractivity contribution >= 4 is 22.7 Å². The first-order chi connectivity index (χ1) is 10.5. The molecule has 1 aromatic carbocycles. The second-order valence-electron chi connectivity index (χ2n) is 6.11. The zero-order chi connectivity index (χ0) is 15.9. The fourth-order valence-electron chi connectivity index (χ4n) is 3.25. The minimum atomic E-state index is -0.887. The van der Waals surface area contributed by atoms with Crippen LogP contribution >= 0.6 is 0 Å². The van der Waals surface area contributed by atoms with Gasteiger partial charge in [0.25, 0.3) is 0 Å². The highest BCUT2D eigenvalue weighted by atomic mass is 16.2. The molecule has 22 heavy (non-hydrogen) atoms. The number of fused-ring (bicyclic) bond motifs is 1. The normalized spacial score (nSPS) is 22.0. The van der Waals surface area contributed by atoms with E-state index in [1.807, 2.05) is 36.1 Å². The monoisotopic (exact) mass is 300 g/mol. The van der Waals surface area contributed by atoms with Crippen LogP contribution in [0.15, 0.2) is 24.4 Å². The molecule has 1 aromatic heterocycles. The molecule has 2 atom stereocenters. The molecule has 0 radical (unpaired) electrons. The van der Waals surface area contributed by atoms with Crippen LogP contribution in [0.3, 0.4) is 0 Å². The third-order valence-corrected chi connectivity index (χ3v) is 4.44. The first-order valence-corrected chi connectivity index (χ1v) is 7.49. The molecule has 116 valence electrons. The topological polar surface area (TPSA) is 81.2 Å². The Morgan fingerprint density at radius 3 is 2.82 bits per heavy atom. The molecular formula is C16H20N4O2. The summed E-state index contributed by atoms with van der Waals surface area (Å²) in [6.45, 7) is 2.65. The van der Waals surface area contributed by atoms with Gasteiger partial charge in [0.15, 0.2) is 0 Å². The largest absolute Gasteiger partial charge is 0.361 e. The number of carbonyl (C=O) groups is 2. The molecular weight excluding hydrogens is 280 g/mol. The Hall–Kier alpha value is -2.37. The van der Waals surface area contributed by atoms with Gasteiger partial charge >= 0.3 is 11.8 Å². The lowest BCUT2D eigenvalue weighted by Gasteiger charge is -2.38. The minimum Gasteiger partial charge on any atom is -0.361 e. The fraction of sp³-hybridized carbons (Fsp3) is 0.438. The van der Waals surface area contributed by atoms with E-state index in [9.17, 15) is 9.59 Å². The molecule has 2 heterocycles. The lowest BCUT2D eigenvalue weighted by molar-refractivity contribution is -0.147. The summed E-state index contributed by atoms with van der Waals surface area (Å²) in [4.78, 5) is 25.1.